The first-order valence-corrected chi connectivity index (χ1v) is 12.4. The van der Waals surface area contributed by atoms with E-state index < -0.39 is 20.0 Å². The number of hydrogen-bond acceptors (Lipinski definition) is 4. The van der Waals surface area contributed by atoms with Crippen molar-refractivity contribution < 1.29 is 16.8 Å². The van der Waals surface area contributed by atoms with Gasteiger partial charge in [0.15, 0.2) is 0 Å². The molecule has 152 valence electrons. The summed E-state index contributed by atoms with van der Waals surface area (Å²) in [5, 5.41) is 0.313. The van der Waals surface area contributed by atoms with Crippen LogP contribution in [-0.4, -0.2) is 29.1 Å². The molecule has 1 fully saturated rings. The van der Waals surface area contributed by atoms with Gasteiger partial charge in [-0.1, -0.05) is 23.7 Å². The van der Waals surface area contributed by atoms with E-state index in [1.54, 1.807) is 32.0 Å². The first-order chi connectivity index (χ1) is 13.0. The molecule has 0 unspecified atom stereocenters. The molecule has 1 N–H and O–H groups in total. The van der Waals surface area contributed by atoms with Crippen molar-refractivity contribution in [2.45, 2.75) is 38.5 Å². The van der Waals surface area contributed by atoms with Crippen LogP contribution in [0.25, 0.3) is 0 Å². The van der Waals surface area contributed by atoms with Crippen molar-refractivity contribution in [3.8, 4) is 0 Å². The highest BCUT2D eigenvalue weighted by Gasteiger charge is 2.28. The molecule has 2 aromatic rings. The lowest BCUT2D eigenvalue weighted by Crippen LogP contribution is -2.38. The van der Waals surface area contributed by atoms with Crippen LogP contribution in [0.5, 0.6) is 0 Å². The Hall–Kier alpha value is -1.77. The third kappa shape index (κ3) is 4.14. The SMILES string of the molecule is Cc1cc(C)c(NS(=O)(=O)c2cc(N3CCCCS3(=O)=O)ccc2C)c(Cl)c1. The third-order valence-electron chi connectivity index (χ3n) is 4.77. The number of rotatable bonds is 4. The lowest BCUT2D eigenvalue weighted by Gasteiger charge is -2.28. The Labute approximate surface area is 171 Å². The Balaban J connectivity index is 2.03. The van der Waals surface area contributed by atoms with Gasteiger partial charge in [-0.3, -0.25) is 9.03 Å². The topological polar surface area (TPSA) is 83.6 Å². The monoisotopic (exact) mass is 442 g/mol. The molecular formula is C19H23ClN2O4S2. The zero-order chi connectivity index (χ0) is 20.7. The molecular weight excluding hydrogens is 420 g/mol. The minimum atomic E-state index is -3.96. The number of nitrogens with one attached hydrogen (secondary N) is 1. The smallest absolute Gasteiger partial charge is 0.262 e. The van der Waals surface area contributed by atoms with Gasteiger partial charge in [-0.15, -0.1) is 0 Å². The zero-order valence-corrected chi connectivity index (χ0v) is 18.4. The lowest BCUT2D eigenvalue weighted by molar-refractivity contribution is 0.574. The first kappa shape index (κ1) is 21.0. The van der Waals surface area contributed by atoms with Gasteiger partial charge in [0, 0.05) is 6.54 Å². The van der Waals surface area contributed by atoms with Gasteiger partial charge in [0.1, 0.15) is 0 Å². The van der Waals surface area contributed by atoms with Crippen LogP contribution in [0.15, 0.2) is 35.2 Å². The summed E-state index contributed by atoms with van der Waals surface area (Å²) in [6.45, 7) is 5.68. The van der Waals surface area contributed by atoms with E-state index in [4.69, 9.17) is 11.6 Å². The van der Waals surface area contributed by atoms with Crippen LogP contribution in [0, 0.1) is 20.8 Å². The van der Waals surface area contributed by atoms with Crippen LogP contribution in [0.3, 0.4) is 0 Å². The van der Waals surface area contributed by atoms with Crippen LogP contribution in [0.4, 0.5) is 11.4 Å². The molecule has 1 heterocycles. The molecule has 0 saturated carbocycles. The molecule has 0 radical (unpaired) electrons. The summed E-state index contributed by atoms with van der Waals surface area (Å²) in [6, 6.07) is 8.21. The van der Waals surface area contributed by atoms with Crippen molar-refractivity contribution in [1.82, 2.24) is 0 Å². The van der Waals surface area contributed by atoms with E-state index in [9.17, 15) is 16.8 Å². The Morgan fingerprint density at radius 1 is 1.04 bits per heavy atom. The van der Waals surface area contributed by atoms with E-state index >= 15 is 0 Å². The molecule has 0 amide bonds. The molecule has 3 rings (SSSR count). The van der Waals surface area contributed by atoms with Crippen molar-refractivity contribution in [3.63, 3.8) is 0 Å². The highest BCUT2D eigenvalue weighted by atomic mass is 35.5. The maximum absolute atomic E-state index is 13.1. The van der Waals surface area contributed by atoms with Gasteiger partial charge < -0.3 is 0 Å². The number of benzene rings is 2. The number of anilines is 2. The van der Waals surface area contributed by atoms with Gasteiger partial charge in [0.25, 0.3) is 10.0 Å². The molecule has 0 atom stereocenters. The standard InChI is InChI=1S/C19H23ClN2O4S2/c1-13-10-15(3)19(17(20)11-13)21-28(25,26)18-12-16(7-6-14(18)2)22-8-4-5-9-27(22,23)24/h6-7,10-12,21H,4-5,8-9H2,1-3H3. The number of hydrogen-bond donors (Lipinski definition) is 1. The van der Waals surface area contributed by atoms with Gasteiger partial charge in [0.05, 0.1) is 27.0 Å². The van der Waals surface area contributed by atoms with Gasteiger partial charge >= 0.3 is 0 Å². The Bertz CT molecular complexity index is 1110. The summed E-state index contributed by atoms with van der Waals surface area (Å²) < 4.78 is 54.8. The van der Waals surface area contributed by atoms with E-state index in [0.717, 1.165) is 12.0 Å². The Morgan fingerprint density at radius 2 is 1.75 bits per heavy atom. The van der Waals surface area contributed by atoms with Gasteiger partial charge in [-0.2, -0.15) is 0 Å². The quantitative estimate of drug-likeness (QED) is 0.775. The van der Waals surface area contributed by atoms with Gasteiger partial charge in [-0.05, 0) is 68.5 Å². The van der Waals surface area contributed by atoms with Crippen LogP contribution in [-0.2, 0) is 20.0 Å². The Morgan fingerprint density at radius 3 is 2.39 bits per heavy atom. The fourth-order valence-electron chi connectivity index (χ4n) is 3.35. The molecule has 0 spiro atoms. The summed E-state index contributed by atoms with van der Waals surface area (Å²) >= 11 is 6.24. The second-order valence-electron chi connectivity index (χ2n) is 7.09. The molecule has 28 heavy (non-hydrogen) atoms. The maximum Gasteiger partial charge on any atom is 0.262 e. The highest BCUT2D eigenvalue weighted by molar-refractivity contribution is 7.93. The minimum absolute atomic E-state index is 0.0295. The fraction of sp³-hybridized carbons (Fsp3) is 0.368. The van der Waals surface area contributed by atoms with Crippen molar-refractivity contribution >= 4 is 43.0 Å². The average molecular weight is 443 g/mol. The number of sulfonamides is 2. The number of aryl methyl sites for hydroxylation is 3. The van der Waals surface area contributed by atoms with Crippen LogP contribution in [0.1, 0.15) is 29.5 Å². The second-order valence-corrected chi connectivity index (χ2v) is 11.2. The zero-order valence-electron chi connectivity index (χ0n) is 16.0. The van der Waals surface area contributed by atoms with E-state index in [1.165, 1.54) is 10.4 Å². The number of halogens is 1. The summed E-state index contributed by atoms with van der Waals surface area (Å²) in [5.74, 6) is 0.0688. The van der Waals surface area contributed by atoms with E-state index in [0.29, 0.717) is 40.5 Å². The Kier molecular flexibility index (Phi) is 5.67. The summed E-state index contributed by atoms with van der Waals surface area (Å²) in [7, 11) is -7.39. The normalized spacial score (nSPS) is 16.8. The summed E-state index contributed by atoms with van der Waals surface area (Å²) in [6.07, 6.45) is 1.36. The molecule has 0 aromatic heterocycles. The van der Waals surface area contributed by atoms with Crippen molar-refractivity contribution in [2.24, 2.45) is 0 Å². The summed E-state index contributed by atoms with van der Waals surface area (Å²) in [5.41, 5.74) is 2.84. The van der Waals surface area contributed by atoms with E-state index in [-0.39, 0.29) is 10.6 Å². The fourth-order valence-corrected chi connectivity index (χ4v) is 6.82. The third-order valence-corrected chi connectivity index (χ3v) is 8.43. The predicted molar refractivity (Wildman–Crippen MR) is 113 cm³/mol. The molecule has 0 bridgehead atoms. The van der Waals surface area contributed by atoms with Gasteiger partial charge in [-0.25, -0.2) is 16.8 Å². The van der Waals surface area contributed by atoms with Crippen LogP contribution < -0.4 is 9.03 Å². The lowest BCUT2D eigenvalue weighted by atomic mass is 10.1. The molecule has 1 aliphatic heterocycles. The van der Waals surface area contributed by atoms with E-state index in [1.807, 2.05) is 13.0 Å². The molecule has 6 nitrogen and oxygen atoms in total. The van der Waals surface area contributed by atoms with Crippen molar-refractivity contribution in [1.29, 1.82) is 0 Å². The number of nitrogens with zero attached hydrogens (tertiary/aromatic N) is 1. The molecule has 1 aliphatic rings. The van der Waals surface area contributed by atoms with Crippen LogP contribution >= 0.6 is 11.6 Å². The molecule has 2 aromatic carbocycles. The molecule has 0 aliphatic carbocycles. The molecule has 9 heteroatoms. The maximum atomic E-state index is 13.1. The highest BCUT2D eigenvalue weighted by Crippen LogP contribution is 2.32. The van der Waals surface area contributed by atoms with Crippen LogP contribution in [0.2, 0.25) is 5.02 Å². The summed E-state index contributed by atoms with van der Waals surface area (Å²) in [4.78, 5) is 0.0295. The van der Waals surface area contributed by atoms with Crippen molar-refractivity contribution in [3.05, 3.63) is 52.0 Å². The van der Waals surface area contributed by atoms with Crippen molar-refractivity contribution in [2.75, 3.05) is 21.3 Å². The van der Waals surface area contributed by atoms with E-state index in [2.05, 4.69) is 4.72 Å². The first-order valence-electron chi connectivity index (χ1n) is 8.92. The average Bonchev–Trinajstić information content (AvgIpc) is 2.58. The van der Waals surface area contributed by atoms with Gasteiger partial charge in [0.2, 0.25) is 10.0 Å². The molecule has 1 saturated heterocycles. The minimum Gasteiger partial charge on any atom is -0.278 e. The predicted octanol–water partition coefficient (Wildman–Crippen LogP) is 4.00. The second kappa shape index (κ2) is 7.57. The largest absolute Gasteiger partial charge is 0.278 e.